The molecule has 0 saturated carbocycles. The molecule has 2 aromatic rings. The number of halogens is 1. The molecular weight excluding hydrogens is 302 g/mol. The van der Waals surface area contributed by atoms with E-state index in [9.17, 15) is 4.79 Å². The van der Waals surface area contributed by atoms with Crippen molar-refractivity contribution in [3.8, 4) is 0 Å². The summed E-state index contributed by atoms with van der Waals surface area (Å²) in [5, 5.41) is 5.02. The highest BCUT2D eigenvalue weighted by molar-refractivity contribution is 5.88. The van der Waals surface area contributed by atoms with Gasteiger partial charge in [0.15, 0.2) is 0 Å². The van der Waals surface area contributed by atoms with Crippen LogP contribution in [-0.4, -0.2) is 48.8 Å². The lowest BCUT2D eigenvalue weighted by molar-refractivity contribution is -0.117. The average Bonchev–Trinajstić information content (AvgIpc) is 2.67. The second-order valence-corrected chi connectivity index (χ2v) is 5.35. The molecule has 0 aliphatic carbocycles. The molecule has 1 saturated heterocycles. The molecule has 1 fully saturated rings. The number of carbonyl (C=O) groups is 1. The van der Waals surface area contributed by atoms with Crippen LogP contribution < -0.4 is 15.2 Å². The Hall–Kier alpha value is -1.79. The van der Waals surface area contributed by atoms with Crippen molar-refractivity contribution < 1.29 is 4.79 Å². The van der Waals surface area contributed by atoms with Crippen LogP contribution in [0.15, 0.2) is 24.3 Å². The Morgan fingerprint density at radius 3 is 2.82 bits per heavy atom. The minimum atomic E-state index is -0.00708. The van der Waals surface area contributed by atoms with Crippen LogP contribution in [0.2, 0.25) is 0 Å². The van der Waals surface area contributed by atoms with Gasteiger partial charge in [-0.25, -0.2) is 14.7 Å². The maximum atomic E-state index is 11.8. The van der Waals surface area contributed by atoms with Crippen LogP contribution in [0, 0.1) is 0 Å². The molecule has 6 nitrogen and oxygen atoms in total. The van der Waals surface area contributed by atoms with Crippen LogP contribution in [0.5, 0.6) is 0 Å². The number of aromatic nitrogens is 2. The molecule has 1 aromatic heterocycles. The molecule has 1 aliphatic rings. The average molecular weight is 324 g/mol. The predicted molar refractivity (Wildman–Crippen MR) is 91.5 cm³/mol. The van der Waals surface area contributed by atoms with Gasteiger partial charge in [0.25, 0.3) is 0 Å². The van der Waals surface area contributed by atoms with Gasteiger partial charge in [-0.3, -0.25) is 4.79 Å². The Labute approximate surface area is 136 Å². The molecule has 0 unspecified atom stereocenters. The lowest BCUT2D eigenvalue weighted by atomic mass is 10.3. The summed E-state index contributed by atoms with van der Waals surface area (Å²) >= 11 is 0. The monoisotopic (exact) mass is 323 g/mol. The van der Waals surface area contributed by atoms with Gasteiger partial charge < -0.3 is 10.2 Å². The van der Waals surface area contributed by atoms with Gasteiger partial charge in [0.1, 0.15) is 0 Å². The van der Waals surface area contributed by atoms with Crippen molar-refractivity contribution >= 4 is 35.3 Å². The zero-order valence-electron chi connectivity index (χ0n) is 13.0. The molecule has 1 N–H and O–H groups in total. The van der Waals surface area contributed by atoms with Gasteiger partial charge in [0.2, 0.25) is 11.9 Å². The smallest absolute Gasteiger partial charge is 0.238 e. The number of benzene rings is 1. The van der Waals surface area contributed by atoms with Crippen LogP contribution in [0.25, 0.3) is 11.0 Å². The van der Waals surface area contributed by atoms with Gasteiger partial charge >= 0.3 is 0 Å². The summed E-state index contributed by atoms with van der Waals surface area (Å²) in [6.07, 6.45) is 1.08. The normalized spacial score (nSPS) is 15.3. The first kappa shape index (κ1) is 16.6. The van der Waals surface area contributed by atoms with E-state index in [1.165, 1.54) is 0 Å². The maximum absolute atomic E-state index is 11.8. The van der Waals surface area contributed by atoms with E-state index >= 15 is 0 Å². The van der Waals surface area contributed by atoms with E-state index in [-0.39, 0.29) is 18.3 Å². The number of para-hydroxylation sites is 2. The lowest BCUT2D eigenvalue weighted by Gasteiger charge is -2.26. The van der Waals surface area contributed by atoms with Gasteiger partial charge in [-0.2, -0.15) is 0 Å². The number of amides is 1. The van der Waals surface area contributed by atoms with Gasteiger partial charge in [0.05, 0.1) is 11.0 Å². The standard InChI is InChI=1S/C15H21N5O.ClH/c1-12(21)18(2)20-14-7-4-3-6-13(14)17-15(20)19-10-5-8-16-9-11-19;/h3-4,6-7,16H,5,8-11H2,1-2H3;1H. The fourth-order valence-corrected chi connectivity index (χ4v) is 2.69. The summed E-state index contributed by atoms with van der Waals surface area (Å²) in [5.41, 5.74) is 1.88. The Morgan fingerprint density at radius 2 is 2.05 bits per heavy atom. The van der Waals surface area contributed by atoms with Gasteiger partial charge in [-0.15, -0.1) is 12.4 Å². The first-order chi connectivity index (χ1) is 10.2. The molecule has 0 radical (unpaired) electrons. The van der Waals surface area contributed by atoms with E-state index < -0.39 is 0 Å². The highest BCUT2D eigenvalue weighted by Crippen LogP contribution is 2.23. The number of fused-ring (bicyclic) bond motifs is 1. The lowest BCUT2D eigenvalue weighted by Crippen LogP contribution is -2.39. The minimum absolute atomic E-state index is 0. The molecule has 22 heavy (non-hydrogen) atoms. The number of carbonyl (C=O) groups excluding carboxylic acids is 1. The van der Waals surface area contributed by atoms with Crippen LogP contribution in [-0.2, 0) is 4.79 Å². The zero-order valence-corrected chi connectivity index (χ0v) is 13.8. The van der Waals surface area contributed by atoms with Gasteiger partial charge in [-0.1, -0.05) is 12.1 Å². The quantitative estimate of drug-likeness (QED) is 0.907. The molecule has 0 spiro atoms. The van der Waals surface area contributed by atoms with E-state index in [2.05, 4.69) is 10.2 Å². The van der Waals surface area contributed by atoms with Crippen molar-refractivity contribution in [2.75, 3.05) is 43.1 Å². The highest BCUT2D eigenvalue weighted by atomic mass is 35.5. The van der Waals surface area contributed by atoms with Crippen LogP contribution >= 0.6 is 12.4 Å². The van der Waals surface area contributed by atoms with Crippen LogP contribution in [0.4, 0.5) is 5.95 Å². The molecule has 1 aromatic carbocycles. The summed E-state index contributed by atoms with van der Waals surface area (Å²) < 4.78 is 1.92. The molecule has 0 bridgehead atoms. The Balaban J connectivity index is 0.00000176. The molecule has 2 heterocycles. The number of anilines is 1. The Bertz CT molecular complexity index is 648. The molecule has 1 amide bonds. The number of rotatable bonds is 2. The Morgan fingerprint density at radius 1 is 1.27 bits per heavy atom. The molecule has 120 valence electrons. The van der Waals surface area contributed by atoms with E-state index in [1.807, 2.05) is 28.9 Å². The van der Waals surface area contributed by atoms with E-state index in [4.69, 9.17) is 4.98 Å². The minimum Gasteiger partial charge on any atom is -0.339 e. The highest BCUT2D eigenvalue weighted by Gasteiger charge is 2.21. The summed E-state index contributed by atoms with van der Waals surface area (Å²) in [6.45, 7) is 5.38. The van der Waals surface area contributed by atoms with Crippen molar-refractivity contribution in [3.05, 3.63) is 24.3 Å². The third-order valence-corrected chi connectivity index (χ3v) is 3.90. The van der Waals surface area contributed by atoms with E-state index in [0.29, 0.717) is 0 Å². The fourth-order valence-electron chi connectivity index (χ4n) is 2.69. The molecule has 7 heteroatoms. The van der Waals surface area contributed by atoms with E-state index in [1.54, 1.807) is 19.0 Å². The first-order valence-corrected chi connectivity index (χ1v) is 7.36. The largest absolute Gasteiger partial charge is 0.339 e. The second-order valence-electron chi connectivity index (χ2n) is 5.35. The van der Waals surface area contributed by atoms with E-state index in [0.717, 1.165) is 49.6 Å². The van der Waals surface area contributed by atoms with Crippen LogP contribution in [0.1, 0.15) is 13.3 Å². The topological polar surface area (TPSA) is 53.4 Å². The van der Waals surface area contributed by atoms with Crippen molar-refractivity contribution in [3.63, 3.8) is 0 Å². The fraction of sp³-hybridized carbons (Fsp3) is 0.467. The molecule has 0 atom stereocenters. The number of imidazole rings is 1. The number of nitrogens with one attached hydrogen (secondary N) is 1. The van der Waals surface area contributed by atoms with Crippen molar-refractivity contribution in [1.82, 2.24) is 15.0 Å². The van der Waals surface area contributed by atoms with Gasteiger partial charge in [-0.05, 0) is 25.1 Å². The van der Waals surface area contributed by atoms with Crippen molar-refractivity contribution in [1.29, 1.82) is 0 Å². The third kappa shape index (κ3) is 3.03. The summed E-state index contributed by atoms with van der Waals surface area (Å²) in [7, 11) is 1.79. The van der Waals surface area contributed by atoms with Gasteiger partial charge in [0, 0.05) is 33.6 Å². The SMILES string of the molecule is CC(=O)N(C)n1c(N2CCCNCC2)nc2ccccc21.Cl. The number of hydrogen-bond donors (Lipinski definition) is 1. The van der Waals surface area contributed by atoms with Crippen molar-refractivity contribution in [2.45, 2.75) is 13.3 Å². The van der Waals surface area contributed by atoms with Crippen LogP contribution in [0.3, 0.4) is 0 Å². The third-order valence-electron chi connectivity index (χ3n) is 3.90. The molecule has 3 rings (SSSR count). The summed E-state index contributed by atoms with van der Waals surface area (Å²) in [5.74, 6) is 0.838. The summed E-state index contributed by atoms with van der Waals surface area (Å²) in [4.78, 5) is 18.8. The van der Waals surface area contributed by atoms with Crippen molar-refractivity contribution in [2.24, 2.45) is 0 Å². The maximum Gasteiger partial charge on any atom is 0.238 e. The zero-order chi connectivity index (χ0) is 14.8. The second kappa shape index (κ2) is 6.98. The summed E-state index contributed by atoms with van der Waals surface area (Å²) in [6, 6.07) is 7.93. The predicted octanol–water partition coefficient (Wildman–Crippen LogP) is 1.37. The number of hydrogen-bond acceptors (Lipinski definition) is 4. The molecular formula is C15H22ClN5O. The first-order valence-electron chi connectivity index (χ1n) is 7.36. The number of nitrogens with zero attached hydrogens (tertiary/aromatic N) is 4. The Kier molecular flexibility index (Phi) is 5.26. The molecule has 1 aliphatic heterocycles.